The normalized spacial score (nSPS) is 12.5. The van der Waals surface area contributed by atoms with Crippen molar-refractivity contribution in [2.75, 3.05) is 0 Å². The number of rotatable bonds is 1. The predicted molar refractivity (Wildman–Crippen MR) is 67.6 cm³/mol. The molecule has 0 radical (unpaired) electrons. The third-order valence-electron chi connectivity index (χ3n) is 2.64. The van der Waals surface area contributed by atoms with Gasteiger partial charge in [-0.3, -0.25) is 4.79 Å². The minimum absolute atomic E-state index is 0.409. The van der Waals surface area contributed by atoms with E-state index in [4.69, 9.17) is 22.1 Å². The number of carbonyl (C=O) groups excluding carboxylic acids is 1. The Kier molecular flexibility index (Phi) is 2.34. The van der Waals surface area contributed by atoms with E-state index >= 15 is 0 Å². The number of amides is 1. The molecule has 0 spiro atoms. The number of thiophene rings is 1. The number of nitrogens with two attached hydrogens (primary N) is 1. The highest BCUT2D eigenvalue weighted by atomic mass is 35.5. The molecule has 1 aromatic carbocycles. The average Bonchev–Trinajstić information content (AvgIpc) is 2.73. The molecule has 2 aromatic rings. The molecule has 17 heavy (non-hydrogen) atoms. The number of benzene rings is 1. The van der Waals surface area contributed by atoms with Crippen molar-refractivity contribution >= 4 is 28.8 Å². The maximum absolute atomic E-state index is 11.2. The molecule has 3 nitrogen and oxygen atoms in total. The molecule has 2 N–H and O–H groups in total. The molecule has 1 aromatic heterocycles. The maximum atomic E-state index is 11.2. The lowest BCUT2D eigenvalue weighted by atomic mass is 10.1. The molecule has 2 heterocycles. The van der Waals surface area contributed by atoms with E-state index in [0.29, 0.717) is 22.3 Å². The fourth-order valence-electron chi connectivity index (χ4n) is 1.87. The summed E-state index contributed by atoms with van der Waals surface area (Å²) in [6.07, 6.45) is 0. The van der Waals surface area contributed by atoms with Gasteiger partial charge in [0.1, 0.15) is 12.4 Å². The van der Waals surface area contributed by atoms with Crippen LogP contribution in [0.25, 0.3) is 10.4 Å². The second-order valence-electron chi connectivity index (χ2n) is 3.73. The van der Waals surface area contributed by atoms with Crippen molar-refractivity contribution in [1.82, 2.24) is 0 Å². The van der Waals surface area contributed by atoms with Crippen LogP contribution < -0.4 is 10.5 Å². The van der Waals surface area contributed by atoms with Crippen LogP contribution in [-0.4, -0.2) is 5.91 Å². The van der Waals surface area contributed by atoms with Crippen LogP contribution in [0.2, 0.25) is 5.02 Å². The highest BCUT2D eigenvalue weighted by Gasteiger charge is 2.23. The lowest BCUT2D eigenvalue weighted by Gasteiger charge is -2.18. The number of hydrogen-bond acceptors (Lipinski definition) is 3. The molecule has 0 atom stereocenters. The van der Waals surface area contributed by atoms with Gasteiger partial charge in [-0.05, 0) is 18.2 Å². The Balaban J connectivity index is 2.22. The van der Waals surface area contributed by atoms with Crippen molar-refractivity contribution in [3.05, 3.63) is 39.7 Å². The standard InChI is InChI=1S/C12H8ClNO2S/c13-8-3-1-2-7-10(8)16-5-6-4-9(12(14)15)17-11(6)7/h1-4H,5H2,(H2,14,15). The van der Waals surface area contributed by atoms with Crippen LogP contribution in [0.1, 0.15) is 15.2 Å². The van der Waals surface area contributed by atoms with Crippen LogP contribution in [0.4, 0.5) is 0 Å². The van der Waals surface area contributed by atoms with E-state index in [0.717, 1.165) is 16.0 Å². The van der Waals surface area contributed by atoms with Crippen LogP contribution in [0.3, 0.4) is 0 Å². The summed E-state index contributed by atoms with van der Waals surface area (Å²) < 4.78 is 5.60. The van der Waals surface area contributed by atoms with Gasteiger partial charge in [0, 0.05) is 16.0 Å². The molecule has 0 fully saturated rings. The summed E-state index contributed by atoms with van der Waals surface area (Å²) in [6.45, 7) is 0.426. The fraction of sp³-hybridized carbons (Fsp3) is 0.0833. The lowest BCUT2D eigenvalue weighted by Crippen LogP contribution is -2.08. The third-order valence-corrected chi connectivity index (χ3v) is 4.16. The zero-order chi connectivity index (χ0) is 12.0. The van der Waals surface area contributed by atoms with E-state index in [1.54, 1.807) is 12.1 Å². The maximum Gasteiger partial charge on any atom is 0.258 e. The number of para-hydroxylation sites is 1. The largest absolute Gasteiger partial charge is 0.487 e. The van der Waals surface area contributed by atoms with Gasteiger partial charge in [-0.2, -0.15) is 0 Å². The molecule has 0 bridgehead atoms. The SMILES string of the molecule is NC(=O)c1cc2c(s1)-c1cccc(Cl)c1OC2. The van der Waals surface area contributed by atoms with Gasteiger partial charge in [-0.15, -0.1) is 11.3 Å². The summed E-state index contributed by atoms with van der Waals surface area (Å²) in [5, 5.41) is 0.585. The molecule has 1 aliphatic heterocycles. The van der Waals surface area contributed by atoms with Crippen molar-refractivity contribution in [1.29, 1.82) is 0 Å². The van der Waals surface area contributed by atoms with Gasteiger partial charge in [-0.25, -0.2) is 0 Å². The van der Waals surface area contributed by atoms with Gasteiger partial charge in [0.15, 0.2) is 0 Å². The van der Waals surface area contributed by atoms with E-state index in [1.807, 2.05) is 12.1 Å². The number of carbonyl (C=O) groups is 1. The van der Waals surface area contributed by atoms with E-state index in [1.165, 1.54) is 11.3 Å². The molecule has 3 rings (SSSR count). The van der Waals surface area contributed by atoms with Crippen LogP contribution in [0.15, 0.2) is 24.3 Å². The van der Waals surface area contributed by atoms with Crippen LogP contribution in [0, 0.1) is 0 Å². The molecule has 0 saturated carbocycles. The first-order valence-electron chi connectivity index (χ1n) is 5.01. The summed E-state index contributed by atoms with van der Waals surface area (Å²) in [7, 11) is 0. The number of primary amides is 1. The molecule has 0 unspecified atom stereocenters. The monoisotopic (exact) mass is 265 g/mol. The molecular weight excluding hydrogens is 258 g/mol. The number of ether oxygens (including phenoxy) is 1. The topological polar surface area (TPSA) is 52.3 Å². The summed E-state index contributed by atoms with van der Waals surface area (Å²) in [4.78, 5) is 12.7. The number of halogens is 1. The molecule has 5 heteroatoms. The number of fused-ring (bicyclic) bond motifs is 3. The number of hydrogen-bond donors (Lipinski definition) is 1. The first kappa shape index (κ1) is 10.6. The third kappa shape index (κ3) is 1.61. The second kappa shape index (κ2) is 3.75. The van der Waals surface area contributed by atoms with E-state index in [2.05, 4.69) is 0 Å². The Hall–Kier alpha value is -1.52. The van der Waals surface area contributed by atoms with Crippen molar-refractivity contribution in [2.24, 2.45) is 5.73 Å². The highest BCUT2D eigenvalue weighted by Crippen LogP contribution is 2.45. The first-order chi connectivity index (χ1) is 8.16. The Morgan fingerprint density at radius 2 is 2.29 bits per heavy atom. The van der Waals surface area contributed by atoms with Crippen LogP contribution >= 0.6 is 22.9 Å². The Bertz CT molecular complexity index is 621. The van der Waals surface area contributed by atoms with Crippen LogP contribution in [0.5, 0.6) is 5.75 Å². The zero-order valence-corrected chi connectivity index (χ0v) is 10.3. The Labute approximate surface area is 107 Å². The smallest absolute Gasteiger partial charge is 0.258 e. The van der Waals surface area contributed by atoms with Gasteiger partial charge < -0.3 is 10.5 Å². The van der Waals surface area contributed by atoms with Gasteiger partial charge in [0.05, 0.1) is 9.90 Å². The van der Waals surface area contributed by atoms with Crippen LogP contribution in [-0.2, 0) is 6.61 Å². The molecule has 86 valence electrons. The van der Waals surface area contributed by atoms with Gasteiger partial charge in [0.25, 0.3) is 5.91 Å². The molecule has 1 aliphatic rings. The fourth-order valence-corrected chi connectivity index (χ4v) is 3.14. The minimum atomic E-state index is -0.409. The minimum Gasteiger partial charge on any atom is -0.487 e. The summed E-state index contributed by atoms with van der Waals surface area (Å²) in [5.41, 5.74) is 7.19. The molecular formula is C12H8ClNO2S. The van der Waals surface area contributed by atoms with E-state index < -0.39 is 5.91 Å². The molecule has 0 aliphatic carbocycles. The quantitative estimate of drug-likeness (QED) is 0.862. The summed E-state index contributed by atoms with van der Waals surface area (Å²) in [6, 6.07) is 7.37. The predicted octanol–water partition coefficient (Wildman–Crippen LogP) is 3.06. The zero-order valence-electron chi connectivity index (χ0n) is 8.70. The summed E-state index contributed by atoms with van der Waals surface area (Å²) in [5.74, 6) is 0.271. The first-order valence-corrected chi connectivity index (χ1v) is 6.20. The highest BCUT2D eigenvalue weighted by molar-refractivity contribution is 7.17. The molecule has 1 amide bonds. The van der Waals surface area contributed by atoms with Gasteiger partial charge in [0.2, 0.25) is 0 Å². The van der Waals surface area contributed by atoms with Gasteiger partial charge >= 0.3 is 0 Å². The Morgan fingerprint density at radius 3 is 3.06 bits per heavy atom. The van der Waals surface area contributed by atoms with Crippen molar-refractivity contribution < 1.29 is 9.53 Å². The summed E-state index contributed by atoms with van der Waals surface area (Å²) >= 11 is 7.45. The Morgan fingerprint density at radius 1 is 1.47 bits per heavy atom. The lowest BCUT2D eigenvalue weighted by molar-refractivity contribution is 0.100. The average molecular weight is 266 g/mol. The van der Waals surface area contributed by atoms with E-state index in [9.17, 15) is 4.79 Å². The second-order valence-corrected chi connectivity index (χ2v) is 5.19. The van der Waals surface area contributed by atoms with Gasteiger partial charge in [-0.1, -0.05) is 17.7 Å². The van der Waals surface area contributed by atoms with Crippen molar-refractivity contribution in [2.45, 2.75) is 6.61 Å². The van der Waals surface area contributed by atoms with Crippen molar-refractivity contribution in [3.63, 3.8) is 0 Å². The molecule has 0 saturated heterocycles. The van der Waals surface area contributed by atoms with E-state index in [-0.39, 0.29) is 0 Å². The van der Waals surface area contributed by atoms with Crippen molar-refractivity contribution in [3.8, 4) is 16.2 Å².